The molecule has 6 fully saturated rings. The summed E-state index contributed by atoms with van der Waals surface area (Å²) in [6, 6.07) is 0. The van der Waals surface area contributed by atoms with Gasteiger partial charge in [-0.2, -0.15) is 0 Å². The van der Waals surface area contributed by atoms with Crippen molar-refractivity contribution < 1.29 is 24.1 Å². The minimum atomic E-state index is -0.413. The molecule has 6 rings (SSSR count). The lowest BCUT2D eigenvalue weighted by Crippen LogP contribution is -2.61. The van der Waals surface area contributed by atoms with Crippen molar-refractivity contribution in [1.82, 2.24) is 0 Å². The van der Waals surface area contributed by atoms with E-state index in [1.165, 1.54) is 19.3 Å². The highest BCUT2D eigenvalue weighted by Gasteiger charge is 2.69. The van der Waals surface area contributed by atoms with Crippen LogP contribution < -0.4 is 0 Å². The summed E-state index contributed by atoms with van der Waals surface area (Å²) in [7, 11) is 0. The van der Waals surface area contributed by atoms with Crippen LogP contribution in [0.25, 0.3) is 0 Å². The lowest BCUT2D eigenvalue weighted by molar-refractivity contribution is -0.269. The van der Waals surface area contributed by atoms with E-state index in [4.69, 9.17) is 18.9 Å². The van der Waals surface area contributed by atoms with Crippen LogP contribution >= 0.6 is 0 Å². The van der Waals surface area contributed by atoms with Crippen molar-refractivity contribution in [3.8, 4) is 0 Å². The van der Waals surface area contributed by atoms with Crippen LogP contribution in [-0.4, -0.2) is 49.2 Å². The molecule has 5 nitrogen and oxygen atoms in total. The van der Waals surface area contributed by atoms with Crippen molar-refractivity contribution in [1.29, 1.82) is 0 Å². The van der Waals surface area contributed by atoms with Gasteiger partial charge in [-0.1, -0.05) is 13.8 Å². The van der Waals surface area contributed by atoms with Gasteiger partial charge >= 0.3 is 0 Å². The zero-order valence-corrected chi connectivity index (χ0v) is 17.5. The molecule has 7 atom stereocenters. The first kappa shape index (κ1) is 18.6. The summed E-state index contributed by atoms with van der Waals surface area (Å²) in [6.07, 6.45) is 8.27. The standard InChI is InChI=1S/C23H36O5/c1-20-7-8-22(25-9-10-26-22)14-18(20)19(24)13-15-16(20)3-5-21(2)17(15)4-6-23(21)27-11-12-28-23/h15-19,24H,3-14H2,1-2H3/t15-,16+,17+,18+,19-,20-,21+/m0/s1. The maximum atomic E-state index is 11.3. The van der Waals surface area contributed by atoms with Gasteiger partial charge in [-0.15, -0.1) is 0 Å². The molecule has 6 aliphatic rings. The quantitative estimate of drug-likeness (QED) is 0.684. The first-order chi connectivity index (χ1) is 13.4. The third-order valence-corrected chi connectivity index (χ3v) is 10.3. The topological polar surface area (TPSA) is 57.2 Å². The van der Waals surface area contributed by atoms with Crippen LogP contribution in [0.1, 0.15) is 65.2 Å². The highest BCUT2D eigenvalue weighted by Crippen LogP contribution is 2.70. The molecule has 0 radical (unpaired) electrons. The maximum absolute atomic E-state index is 11.3. The monoisotopic (exact) mass is 392 g/mol. The summed E-state index contributed by atoms with van der Waals surface area (Å²) in [5, 5.41) is 11.3. The molecule has 0 aromatic rings. The van der Waals surface area contributed by atoms with E-state index >= 15 is 0 Å². The van der Waals surface area contributed by atoms with Gasteiger partial charge in [-0.3, -0.25) is 0 Å². The third-order valence-electron chi connectivity index (χ3n) is 10.3. The van der Waals surface area contributed by atoms with Crippen molar-refractivity contribution in [2.75, 3.05) is 26.4 Å². The summed E-state index contributed by atoms with van der Waals surface area (Å²) >= 11 is 0. The van der Waals surface area contributed by atoms with E-state index in [0.29, 0.717) is 36.9 Å². The Bertz CT molecular complexity index is 639. The summed E-state index contributed by atoms with van der Waals surface area (Å²) < 4.78 is 24.6. The largest absolute Gasteiger partial charge is 0.393 e. The molecule has 2 aliphatic heterocycles. The van der Waals surface area contributed by atoms with Gasteiger partial charge in [0.25, 0.3) is 0 Å². The van der Waals surface area contributed by atoms with Gasteiger partial charge < -0.3 is 24.1 Å². The Labute approximate surface area is 168 Å². The average molecular weight is 393 g/mol. The number of hydrogen-bond donors (Lipinski definition) is 1. The Morgan fingerprint density at radius 2 is 1.43 bits per heavy atom. The smallest absolute Gasteiger partial charge is 0.174 e. The normalized spacial score (nSPS) is 53.9. The molecular weight excluding hydrogens is 356 g/mol. The predicted molar refractivity (Wildman–Crippen MR) is 102 cm³/mol. The molecule has 0 aromatic carbocycles. The van der Waals surface area contributed by atoms with Crippen LogP contribution in [0.5, 0.6) is 0 Å². The molecular formula is C23H36O5. The Hall–Kier alpha value is -0.200. The molecule has 4 saturated carbocycles. The molecule has 158 valence electrons. The fourth-order valence-electron chi connectivity index (χ4n) is 8.87. The molecule has 5 heteroatoms. The van der Waals surface area contributed by atoms with Crippen molar-refractivity contribution >= 4 is 0 Å². The van der Waals surface area contributed by atoms with Crippen molar-refractivity contribution in [3.63, 3.8) is 0 Å². The van der Waals surface area contributed by atoms with Gasteiger partial charge in [0.15, 0.2) is 11.6 Å². The molecule has 0 bridgehead atoms. The molecule has 0 amide bonds. The summed E-state index contributed by atoms with van der Waals surface area (Å²) in [5.41, 5.74) is 0.290. The van der Waals surface area contributed by atoms with Crippen LogP contribution in [0.2, 0.25) is 0 Å². The number of ether oxygens (including phenoxy) is 4. The number of fused-ring (bicyclic) bond motifs is 6. The van der Waals surface area contributed by atoms with Crippen molar-refractivity contribution in [2.45, 2.75) is 82.9 Å². The molecule has 4 aliphatic carbocycles. The van der Waals surface area contributed by atoms with Crippen LogP contribution in [0.3, 0.4) is 0 Å². The first-order valence-corrected chi connectivity index (χ1v) is 11.7. The Morgan fingerprint density at radius 1 is 0.750 bits per heavy atom. The average Bonchev–Trinajstić information content (AvgIpc) is 3.39. The second-order valence-electron chi connectivity index (χ2n) is 11.0. The molecule has 0 unspecified atom stereocenters. The van der Waals surface area contributed by atoms with Gasteiger partial charge in [0.1, 0.15) is 0 Å². The SMILES string of the molecule is C[C@@]12CCC3(C[C@@H]1[C@@H](O)C[C@H]1[C@H]2CC[C@]2(C)[C@@H]1CCC21OCCO1)OCCO3. The van der Waals surface area contributed by atoms with E-state index in [1.807, 2.05) is 0 Å². The first-order valence-electron chi connectivity index (χ1n) is 11.7. The van der Waals surface area contributed by atoms with Gasteiger partial charge in [0.05, 0.1) is 32.5 Å². The molecule has 1 N–H and O–H groups in total. The van der Waals surface area contributed by atoms with Crippen LogP contribution in [0.4, 0.5) is 0 Å². The van der Waals surface area contributed by atoms with E-state index in [-0.39, 0.29) is 22.7 Å². The lowest BCUT2D eigenvalue weighted by atomic mass is 9.44. The third kappa shape index (κ3) is 2.21. The highest BCUT2D eigenvalue weighted by atomic mass is 16.7. The summed E-state index contributed by atoms with van der Waals surface area (Å²) in [4.78, 5) is 0. The van der Waals surface area contributed by atoms with Gasteiger partial charge in [-0.25, -0.2) is 0 Å². The lowest BCUT2D eigenvalue weighted by Gasteiger charge is -2.63. The number of rotatable bonds is 0. The van der Waals surface area contributed by atoms with Gasteiger partial charge in [-0.05, 0) is 61.2 Å². The minimum Gasteiger partial charge on any atom is -0.393 e. The Morgan fingerprint density at radius 3 is 2.18 bits per heavy atom. The molecule has 2 spiro atoms. The number of hydrogen-bond acceptors (Lipinski definition) is 5. The van der Waals surface area contributed by atoms with E-state index in [9.17, 15) is 5.11 Å². The summed E-state index contributed by atoms with van der Waals surface area (Å²) in [6.45, 7) is 7.77. The van der Waals surface area contributed by atoms with Crippen LogP contribution in [0, 0.1) is 34.5 Å². The fraction of sp³-hybridized carbons (Fsp3) is 1.00. The van der Waals surface area contributed by atoms with E-state index in [1.54, 1.807) is 0 Å². The van der Waals surface area contributed by atoms with E-state index in [2.05, 4.69) is 13.8 Å². The summed E-state index contributed by atoms with van der Waals surface area (Å²) in [5.74, 6) is 1.40. The van der Waals surface area contributed by atoms with Gasteiger partial charge in [0, 0.05) is 24.7 Å². The Kier molecular flexibility index (Phi) is 3.94. The second kappa shape index (κ2) is 5.94. The van der Waals surface area contributed by atoms with Gasteiger partial charge in [0.2, 0.25) is 0 Å². The van der Waals surface area contributed by atoms with E-state index < -0.39 is 5.79 Å². The molecule has 2 heterocycles. The van der Waals surface area contributed by atoms with E-state index in [0.717, 1.165) is 45.3 Å². The van der Waals surface area contributed by atoms with Crippen molar-refractivity contribution in [2.24, 2.45) is 34.5 Å². The predicted octanol–water partition coefficient (Wildman–Crippen LogP) is 3.49. The molecule has 2 saturated heterocycles. The maximum Gasteiger partial charge on any atom is 0.174 e. The van der Waals surface area contributed by atoms with Crippen molar-refractivity contribution in [3.05, 3.63) is 0 Å². The second-order valence-corrected chi connectivity index (χ2v) is 11.0. The Balaban J connectivity index is 1.31. The minimum absolute atomic E-state index is 0.0984. The zero-order chi connectivity index (χ0) is 19.2. The van der Waals surface area contributed by atoms with Crippen LogP contribution in [0.15, 0.2) is 0 Å². The number of aliphatic hydroxyl groups is 1. The molecule has 0 aromatic heterocycles. The fourth-order valence-corrected chi connectivity index (χ4v) is 8.87. The number of aliphatic hydroxyl groups excluding tert-OH is 1. The molecule has 28 heavy (non-hydrogen) atoms. The zero-order valence-electron chi connectivity index (χ0n) is 17.5. The van der Waals surface area contributed by atoms with Crippen LogP contribution in [-0.2, 0) is 18.9 Å². The highest BCUT2D eigenvalue weighted by molar-refractivity contribution is 5.14.